The Labute approximate surface area is 147 Å². The second-order valence-corrected chi connectivity index (χ2v) is 6.94. The van der Waals surface area contributed by atoms with Crippen LogP contribution in [0.4, 0.5) is 4.79 Å². The van der Waals surface area contributed by atoms with E-state index in [-0.39, 0.29) is 17.8 Å². The molecular formula is C21H22N2O2. The fourth-order valence-electron chi connectivity index (χ4n) is 3.26. The number of hydrogen-bond acceptors (Lipinski definition) is 2. The number of carbonyl (C=O) groups is 1. The molecule has 1 saturated carbocycles. The number of amides is 2. The number of hydrogen-bond donors (Lipinski definition) is 2. The number of nitrogens with zero attached hydrogens (tertiary/aromatic N) is 1. The zero-order chi connectivity index (χ0) is 17.4. The number of urea groups is 1. The van der Waals surface area contributed by atoms with Gasteiger partial charge in [-0.3, -0.25) is 4.90 Å². The van der Waals surface area contributed by atoms with Crippen molar-refractivity contribution >= 4 is 11.7 Å². The molecular weight excluding hydrogens is 312 g/mol. The summed E-state index contributed by atoms with van der Waals surface area (Å²) in [5, 5.41) is 12.9. The minimum atomic E-state index is -0.145. The monoisotopic (exact) mass is 334 g/mol. The maximum atomic E-state index is 12.8. The summed E-state index contributed by atoms with van der Waals surface area (Å²) in [5.74, 6) is 0.874. The molecule has 2 aliphatic rings. The van der Waals surface area contributed by atoms with Gasteiger partial charge in [-0.2, -0.15) is 0 Å². The Morgan fingerprint density at radius 3 is 2.60 bits per heavy atom. The van der Waals surface area contributed by atoms with Crippen molar-refractivity contribution in [2.45, 2.75) is 25.8 Å². The van der Waals surface area contributed by atoms with E-state index in [0.717, 1.165) is 28.9 Å². The molecule has 0 saturated heterocycles. The standard InChI is InChI=1S/C21H22N2O2/c1-14-11-17(9-10-20(14)24)19-12-18(16-5-3-2-4-6-16)22-21(25)23(19)13-15-7-8-15/h2-6,9-12,15,18,24H,7-8,13H2,1H3,(H,22,25). The second kappa shape index (κ2) is 6.28. The first-order chi connectivity index (χ1) is 12.1. The summed E-state index contributed by atoms with van der Waals surface area (Å²) in [6.07, 6.45) is 4.49. The average Bonchev–Trinajstić information content (AvgIpc) is 3.44. The first kappa shape index (κ1) is 15.8. The number of phenols is 1. The first-order valence-corrected chi connectivity index (χ1v) is 8.76. The number of carbonyl (C=O) groups excluding carboxylic acids is 1. The summed E-state index contributed by atoms with van der Waals surface area (Å²) >= 11 is 0. The fourth-order valence-corrected chi connectivity index (χ4v) is 3.26. The van der Waals surface area contributed by atoms with E-state index < -0.39 is 0 Å². The molecule has 128 valence electrons. The highest BCUT2D eigenvalue weighted by Gasteiger charge is 2.33. The van der Waals surface area contributed by atoms with Crippen LogP contribution < -0.4 is 5.32 Å². The second-order valence-electron chi connectivity index (χ2n) is 6.94. The summed E-state index contributed by atoms with van der Waals surface area (Å²) in [4.78, 5) is 14.7. The predicted molar refractivity (Wildman–Crippen MR) is 98.0 cm³/mol. The fraction of sp³-hybridized carbons (Fsp3) is 0.286. The number of nitrogens with one attached hydrogen (secondary N) is 1. The van der Waals surface area contributed by atoms with E-state index in [2.05, 4.69) is 11.4 Å². The Bertz CT molecular complexity index is 825. The van der Waals surface area contributed by atoms with Gasteiger partial charge in [0.2, 0.25) is 0 Å². The molecule has 2 amide bonds. The van der Waals surface area contributed by atoms with Crippen LogP contribution in [0, 0.1) is 12.8 Å². The van der Waals surface area contributed by atoms with Crippen LogP contribution in [0.2, 0.25) is 0 Å². The van der Waals surface area contributed by atoms with Gasteiger partial charge in [-0.05, 0) is 66.6 Å². The van der Waals surface area contributed by atoms with Crippen molar-refractivity contribution in [3.05, 3.63) is 71.3 Å². The number of aromatic hydroxyl groups is 1. The Morgan fingerprint density at radius 2 is 1.92 bits per heavy atom. The molecule has 25 heavy (non-hydrogen) atoms. The molecule has 4 heteroatoms. The first-order valence-electron chi connectivity index (χ1n) is 8.76. The Hall–Kier alpha value is -2.75. The minimum Gasteiger partial charge on any atom is -0.508 e. The third-order valence-corrected chi connectivity index (χ3v) is 4.93. The van der Waals surface area contributed by atoms with Gasteiger partial charge in [0.25, 0.3) is 0 Å². The quantitative estimate of drug-likeness (QED) is 0.879. The van der Waals surface area contributed by atoms with Gasteiger partial charge in [-0.25, -0.2) is 4.79 Å². The number of phenolic OH excluding ortho intramolecular Hbond substituents is 1. The summed E-state index contributed by atoms with van der Waals surface area (Å²) in [7, 11) is 0. The van der Waals surface area contributed by atoms with Crippen molar-refractivity contribution < 1.29 is 9.90 Å². The van der Waals surface area contributed by atoms with Crippen LogP contribution in [-0.2, 0) is 0 Å². The highest BCUT2D eigenvalue weighted by atomic mass is 16.3. The maximum Gasteiger partial charge on any atom is 0.322 e. The van der Waals surface area contributed by atoms with Crippen LogP contribution in [0.5, 0.6) is 5.75 Å². The van der Waals surface area contributed by atoms with Gasteiger partial charge in [0.05, 0.1) is 11.7 Å². The largest absolute Gasteiger partial charge is 0.508 e. The Balaban J connectivity index is 1.75. The van der Waals surface area contributed by atoms with Gasteiger partial charge in [0.1, 0.15) is 5.75 Å². The van der Waals surface area contributed by atoms with Gasteiger partial charge in [0, 0.05) is 6.54 Å². The predicted octanol–water partition coefficient (Wildman–Crippen LogP) is 4.22. The van der Waals surface area contributed by atoms with E-state index in [9.17, 15) is 9.90 Å². The SMILES string of the molecule is Cc1cc(C2=CC(c3ccccc3)NC(=O)N2CC2CC2)ccc1O. The van der Waals surface area contributed by atoms with Crippen molar-refractivity contribution in [2.24, 2.45) is 5.92 Å². The van der Waals surface area contributed by atoms with Gasteiger partial charge in [-0.1, -0.05) is 30.3 Å². The van der Waals surface area contributed by atoms with E-state index in [1.807, 2.05) is 54.3 Å². The molecule has 0 spiro atoms. The van der Waals surface area contributed by atoms with Crippen molar-refractivity contribution in [1.29, 1.82) is 0 Å². The van der Waals surface area contributed by atoms with Gasteiger partial charge in [-0.15, -0.1) is 0 Å². The lowest BCUT2D eigenvalue weighted by Crippen LogP contribution is -2.45. The Morgan fingerprint density at radius 1 is 1.16 bits per heavy atom. The number of benzene rings is 2. The van der Waals surface area contributed by atoms with Crippen molar-refractivity contribution in [3.63, 3.8) is 0 Å². The third-order valence-electron chi connectivity index (χ3n) is 4.93. The Kier molecular flexibility index (Phi) is 3.96. The number of rotatable bonds is 4. The third kappa shape index (κ3) is 3.25. The van der Waals surface area contributed by atoms with Crippen LogP contribution in [0.1, 0.15) is 35.6 Å². The van der Waals surface area contributed by atoms with Crippen LogP contribution in [0.25, 0.3) is 5.70 Å². The average molecular weight is 334 g/mol. The molecule has 1 atom stereocenters. The van der Waals surface area contributed by atoms with Gasteiger partial charge in [0.15, 0.2) is 0 Å². The topological polar surface area (TPSA) is 52.6 Å². The molecule has 1 fully saturated rings. The summed E-state index contributed by atoms with van der Waals surface area (Å²) in [5.41, 5.74) is 3.77. The van der Waals surface area contributed by atoms with Crippen LogP contribution in [0.3, 0.4) is 0 Å². The van der Waals surface area contributed by atoms with Crippen LogP contribution in [-0.4, -0.2) is 22.6 Å². The lowest BCUT2D eigenvalue weighted by Gasteiger charge is -2.34. The van der Waals surface area contributed by atoms with Crippen molar-refractivity contribution in [1.82, 2.24) is 10.2 Å². The lowest BCUT2D eigenvalue weighted by molar-refractivity contribution is 0.211. The molecule has 2 aromatic rings. The molecule has 1 aliphatic carbocycles. The minimum absolute atomic E-state index is 0.0519. The zero-order valence-electron chi connectivity index (χ0n) is 14.3. The van der Waals surface area contributed by atoms with E-state index in [1.54, 1.807) is 6.07 Å². The van der Waals surface area contributed by atoms with Crippen molar-refractivity contribution in [2.75, 3.05) is 6.54 Å². The molecule has 4 rings (SSSR count). The normalized spacial score (nSPS) is 20.2. The number of aryl methyl sites for hydroxylation is 1. The molecule has 0 bridgehead atoms. The maximum absolute atomic E-state index is 12.8. The molecule has 1 aliphatic heterocycles. The summed E-state index contributed by atoms with van der Waals surface area (Å²) < 4.78 is 0. The zero-order valence-corrected chi connectivity index (χ0v) is 14.3. The highest BCUT2D eigenvalue weighted by Crippen LogP contribution is 2.36. The molecule has 0 aromatic heterocycles. The summed E-state index contributed by atoms with van der Waals surface area (Å²) in [6, 6.07) is 15.3. The molecule has 4 nitrogen and oxygen atoms in total. The molecule has 1 unspecified atom stereocenters. The summed E-state index contributed by atoms with van der Waals surface area (Å²) in [6.45, 7) is 2.63. The smallest absolute Gasteiger partial charge is 0.322 e. The van der Waals surface area contributed by atoms with Crippen molar-refractivity contribution in [3.8, 4) is 5.75 Å². The van der Waals surface area contributed by atoms with Gasteiger partial charge >= 0.3 is 6.03 Å². The van der Waals surface area contributed by atoms with E-state index in [1.165, 1.54) is 12.8 Å². The van der Waals surface area contributed by atoms with E-state index >= 15 is 0 Å². The van der Waals surface area contributed by atoms with Crippen LogP contribution in [0.15, 0.2) is 54.6 Å². The van der Waals surface area contributed by atoms with Gasteiger partial charge < -0.3 is 10.4 Å². The van der Waals surface area contributed by atoms with Crippen LogP contribution >= 0.6 is 0 Å². The highest BCUT2D eigenvalue weighted by molar-refractivity contribution is 5.89. The molecule has 2 aromatic carbocycles. The molecule has 0 radical (unpaired) electrons. The van der Waals surface area contributed by atoms with E-state index in [0.29, 0.717) is 5.92 Å². The van der Waals surface area contributed by atoms with E-state index in [4.69, 9.17) is 0 Å². The molecule has 1 heterocycles. The lowest BCUT2D eigenvalue weighted by atomic mass is 9.99. The molecule has 2 N–H and O–H groups in total.